The Morgan fingerprint density at radius 1 is 1.50 bits per heavy atom. The van der Waals surface area contributed by atoms with Crippen molar-refractivity contribution in [3.05, 3.63) is 18.5 Å². The third-order valence-electron chi connectivity index (χ3n) is 1.32. The molecule has 0 fully saturated rings. The van der Waals surface area contributed by atoms with Crippen LogP contribution >= 0.6 is 0 Å². The molecule has 66 valence electrons. The van der Waals surface area contributed by atoms with Gasteiger partial charge in [-0.15, -0.1) is 0 Å². The van der Waals surface area contributed by atoms with E-state index in [2.05, 4.69) is 15.3 Å². The first-order chi connectivity index (χ1) is 5.83. The topological polar surface area (TPSA) is 84.1 Å². The van der Waals surface area contributed by atoms with Gasteiger partial charge in [-0.1, -0.05) is 0 Å². The maximum Gasteiger partial charge on any atom is 0.222 e. The molecular weight excluding hydrogens is 156 g/mol. The Kier molecular flexibility index (Phi) is 3.43. The van der Waals surface area contributed by atoms with Crippen molar-refractivity contribution in [2.75, 3.05) is 18.5 Å². The fourth-order valence-electron chi connectivity index (χ4n) is 0.677. The van der Waals surface area contributed by atoms with Gasteiger partial charge in [0.25, 0.3) is 0 Å². The summed E-state index contributed by atoms with van der Waals surface area (Å²) < 4.78 is 0. The van der Waals surface area contributed by atoms with E-state index in [1.54, 1.807) is 18.5 Å². The number of aliphatic hydroxyl groups is 1. The van der Waals surface area contributed by atoms with E-state index in [1.807, 2.05) is 0 Å². The highest BCUT2D eigenvalue weighted by molar-refractivity contribution is 5.22. The average Bonchev–Trinajstić information content (AvgIpc) is 2.16. The summed E-state index contributed by atoms with van der Waals surface area (Å²) in [6.45, 7) is 0.431. The average molecular weight is 168 g/mol. The van der Waals surface area contributed by atoms with Crippen LogP contribution in [0.15, 0.2) is 18.5 Å². The molecule has 12 heavy (non-hydrogen) atoms. The van der Waals surface area contributed by atoms with E-state index in [-0.39, 0.29) is 12.6 Å². The highest BCUT2D eigenvalue weighted by Gasteiger charge is 1.99. The highest BCUT2D eigenvalue weighted by Crippen LogP contribution is 1.92. The van der Waals surface area contributed by atoms with Gasteiger partial charge < -0.3 is 16.2 Å². The van der Waals surface area contributed by atoms with Gasteiger partial charge in [-0.2, -0.15) is 0 Å². The number of nitrogens with one attached hydrogen (secondary N) is 1. The number of aliphatic hydroxyl groups excluding tert-OH is 1. The van der Waals surface area contributed by atoms with E-state index in [0.29, 0.717) is 12.5 Å². The zero-order chi connectivity index (χ0) is 8.81. The number of nitrogens with zero attached hydrogens (tertiary/aromatic N) is 2. The maximum absolute atomic E-state index is 8.61. The van der Waals surface area contributed by atoms with Crippen molar-refractivity contribution in [3.8, 4) is 0 Å². The van der Waals surface area contributed by atoms with Crippen LogP contribution in [0.1, 0.15) is 0 Å². The first-order valence-corrected chi connectivity index (χ1v) is 3.70. The fraction of sp³-hybridized carbons (Fsp3) is 0.429. The number of anilines is 1. The minimum Gasteiger partial charge on any atom is -0.395 e. The van der Waals surface area contributed by atoms with Crippen molar-refractivity contribution in [1.29, 1.82) is 0 Å². The monoisotopic (exact) mass is 168 g/mol. The van der Waals surface area contributed by atoms with Gasteiger partial charge in [0.2, 0.25) is 5.95 Å². The summed E-state index contributed by atoms with van der Waals surface area (Å²) in [7, 11) is 0. The number of hydrogen-bond acceptors (Lipinski definition) is 5. The van der Waals surface area contributed by atoms with Gasteiger partial charge >= 0.3 is 0 Å². The minimum atomic E-state index is -0.270. The second-order valence-electron chi connectivity index (χ2n) is 2.40. The molecule has 0 saturated carbocycles. The largest absolute Gasteiger partial charge is 0.395 e. The molecule has 0 aliphatic rings. The van der Waals surface area contributed by atoms with Crippen LogP contribution in [0.5, 0.6) is 0 Å². The minimum absolute atomic E-state index is 0.0418. The smallest absolute Gasteiger partial charge is 0.222 e. The van der Waals surface area contributed by atoms with Crippen molar-refractivity contribution in [1.82, 2.24) is 9.97 Å². The molecule has 0 spiro atoms. The van der Waals surface area contributed by atoms with E-state index < -0.39 is 0 Å². The van der Waals surface area contributed by atoms with Gasteiger partial charge in [0, 0.05) is 25.0 Å². The predicted octanol–water partition coefficient (Wildman–Crippen LogP) is -0.792. The third kappa shape index (κ3) is 2.81. The van der Waals surface area contributed by atoms with E-state index >= 15 is 0 Å². The van der Waals surface area contributed by atoms with Crippen LogP contribution in [0.2, 0.25) is 0 Å². The van der Waals surface area contributed by atoms with Crippen molar-refractivity contribution in [2.45, 2.75) is 6.04 Å². The Morgan fingerprint density at radius 3 is 2.75 bits per heavy atom. The van der Waals surface area contributed by atoms with Crippen LogP contribution < -0.4 is 11.1 Å². The molecule has 1 unspecified atom stereocenters. The van der Waals surface area contributed by atoms with E-state index in [1.165, 1.54) is 0 Å². The van der Waals surface area contributed by atoms with Crippen LogP contribution in [0, 0.1) is 0 Å². The molecule has 5 nitrogen and oxygen atoms in total. The predicted molar refractivity (Wildman–Crippen MR) is 45.6 cm³/mol. The highest BCUT2D eigenvalue weighted by atomic mass is 16.3. The number of rotatable bonds is 4. The summed E-state index contributed by atoms with van der Waals surface area (Å²) in [6, 6.07) is 1.46. The van der Waals surface area contributed by atoms with Gasteiger partial charge in [0.05, 0.1) is 6.61 Å². The fourth-order valence-corrected chi connectivity index (χ4v) is 0.677. The summed E-state index contributed by atoms with van der Waals surface area (Å²) in [5.41, 5.74) is 5.45. The standard InChI is InChI=1S/C7H12N4O/c8-6(5-12)4-11-7-9-2-1-3-10-7/h1-3,6,12H,4-5,8H2,(H,9,10,11). The van der Waals surface area contributed by atoms with Crippen LogP contribution in [-0.4, -0.2) is 34.3 Å². The summed E-state index contributed by atoms with van der Waals surface area (Å²) in [4.78, 5) is 7.85. The molecule has 0 aromatic carbocycles. The Balaban J connectivity index is 2.33. The Bertz CT molecular complexity index is 216. The van der Waals surface area contributed by atoms with Crippen molar-refractivity contribution < 1.29 is 5.11 Å². The number of nitrogens with two attached hydrogens (primary N) is 1. The summed E-state index contributed by atoms with van der Waals surface area (Å²) >= 11 is 0. The van der Waals surface area contributed by atoms with Gasteiger partial charge in [-0.3, -0.25) is 0 Å². The molecule has 1 aromatic heterocycles. The quantitative estimate of drug-likeness (QED) is 0.548. The van der Waals surface area contributed by atoms with E-state index in [9.17, 15) is 0 Å². The summed E-state index contributed by atoms with van der Waals surface area (Å²) in [6.07, 6.45) is 3.28. The molecular formula is C7H12N4O. The first-order valence-electron chi connectivity index (χ1n) is 3.70. The Labute approximate surface area is 70.6 Å². The van der Waals surface area contributed by atoms with E-state index in [4.69, 9.17) is 10.8 Å². The van der Waals surface area contributed by atoms with Gasteiger partial charge in [-0.25, -0.2) is 9.97 Å². The lowest BCUT2D eigenvalue weighted by molar-refractivity contribution is 0.270. The molecule has 0 saturated heterocycles. The van der Waals surface area contributed by atoms with Crippen LogP contribution in [-0.2, 0) is 0 Å². The number of aromatic nitrogens is 2. The molecule has 0 aliphatic carbocycles. The summed E-state index contributed by atoms with van der Waals surface area (Å²) in [5.74, 6) is 0.529. The molecule has 0 bridgehead atoms. The molecule has 5 heteroatoms. The van der Waals surface area contributed by atoms with E-state index in [0.717, 1.165) is 0 Å². The van der Waals surface area contributed by atoms with Crippen LogP contribution in [0.3, 0.4) is 0 Å². The molecule has 1 heterocycles. The Morgan fingerprint density at radius 2 is 2.17 bits per heavy atom. The van der Waals surface area contributed by atoms with Crippen LogP contribution in [0.4, 0.5) is 5.95 Å². The summed E-state index contributed by atoms with van der Waals surface area (Å²) in [5, 5.41) is 11.5. The van der Waals surface area contributed by atoms with Crippen molar-refractivity contribution in [3.63, 3.8) is 0 Å². The molecule has 4 N–H and O–H groups in total. The second-order valence-corrected chi connectivity index (χ2v) is 2.40. The maximum atomic E-state index is 8.61. The number of hydrogen-bond donors (Lipinski definition) is 3. The SMILES string of the molecule is NC(CO)CNc1ncccn1. The molecule has 1 rings (SSSR count). The molecule has 0 amide bonds. The van der Waals surface area contributed by atoms with Crippen LogP contribution in [0.25, 0.3) is 0 Å². The Hall–Kier alpha value is -1.20. The molecule has 0 radical (unpaired) electrons. The lowest BCUT2D eigenvalue weighted by atomic mass is 10.3. The molecule has 0 aliphatic heterocycles. The lowest BCUT2D eigenvalue weighted by Crippen LogP contribution is -2.32. The van der Waals surface area contributed by atoms with Gasteiger partial charge in [0.1, 0.15) is 0 Å². The van der Waals surface area contributed by atoms with Gasteiger partial charge in [-0.05, 0) is 6.07 Å². The second kappa shape index (κ2) is 4.63. The van der Waals surface area contributed by atoms with Gasteiger partial charge in [0.15, 0.2) is 0 Å². The van der Waals surface area contributed by atoms with Crippen molar-refractivity contribution >= 4 is 5.95 Å². The third-order valence-corrected chi connectivity index (χ3v) is 1.32. The molecule has 1 atom stereocenters. The first kappa shape index (κ1) is 8.89. The zero-order valence-corrected chi connectivity index (χ0v) is 6.64. The normalized spacial score (nSPS) is 12.5. The molecule has 1 aromatic rings. The van der Waals surface area contributed by atoms with Crippen molar-refractivity contribution in [2.24, 2.45) is 5.73 Å². The lowest BCUT2D eigenvalue weighted by Gasteiger charge is -2.08. The zero-order valence-electron chi connectivity index (χ0n) is 6.64.